The number of hydrogen-bond acceptors (Lipinski definition) is 5. The maximum absolute atomic E-state index is 12.4. The van der Waals surface area contributed by atoms with E-state index in [1.165, 1.54) is 6.26 Å². The van der Waals surface area contributed by atoms with Crippen LogP contribution in [0.2, 0.25) is 0 Å². The Morgan fingerprint density at radius 3 is 2.79 bits per heavy atom. The second kappa shape index (κ2) is 5.99. The molecular weight excluding hydrogens is 327 g/mol. The average Bonchev–Trinajstić information content (AvgIpc) is 3.18. The zero-order valence-corrected chi connectivity index (χ0v) is 12.5. The number of nitrogens with one attached hydrogen (secondary N) is 1. The number of hydrogen-bond donors (Lipinski definition) is 1. The van der Waals surface area contributed by atoms with Gasteiger partial charge in [0, 0.05) is 5.39 Å². The fourth-order valence-electron chi connectivity index (χ4n) is 2.17. The van der Waals surface area contributed by atoms with Gasteiger partial charge in [0.1, 0.15) is 11.8 Å². The first-order chi connectivity index (χ1) is 11.4. The number of benzene rings is 1. The van der Waals surface area contributed by atoms with E-state index in [1.807, 2.05) is 19.1 Å². The van der Waals surface area contributed by atoms with Gasteiger partial charge < -0.3 is 14.3 Å². The molecule has 24 heavy (non-hydrogen) atoms. The van der Waals surface area contributed by atoms with E-state index in [9.17, 15) is 18.0 Å². The van der Waals surface area contributed by atoms with Gasteiger partial charge >= 0.3 is 12.1 Å². The van der Waals surface area contributed by atoms with E-state index in [0.29, 0.717) is 16.5 Å². The molecule has 0 unspecified atom stereocenters. The van der Waals surface area contributed by atoms with Crippen molar-refractivity contribution in [2.24, 2.45) is 0 Å². The molecule has 2 heterocycles. The standard InChI is InChI=1S/C15H12F3N3O3/c1-2-8-3-4-11-9(5-8)10(7-23-11)13(22)19-6-12-20-14(24-21-12)15(16,17)18/h3-5,7H,2,6H2,1H3,(H,19,22). The van der Waals surface area contributed by atoms with Crippen molar-refractivity contribution in [1.82, 2.24) is 15.5 Å². The summed E-state index contributed by atoms with van der Waals surface area (Å²) in [5.74, 6) is -2.22. The highest BCUT2D eigenvalue weighted by molar-refractivity contribution is 6.06. The number of carbonyl (C=O) groups is 1. The molecule has 9 heteroatoms. The van der Waals surface area contributed by atoms with E-state index >= 15 is 0 Å². The first kappa shape index (κ1) is 16.0. The van der Waals surface area contributed by atoms with Crippen LogP contribution in [0.5, 0.6) is 0 Å². The summed E-state index contributed by atoms with van der Waals surface area (Å²) in [5, 5.41) is 6.26. The lowest BCUT2D eigenvalue weighted by molar-refractivity contribution is -0.159. The van der Waals surface area contributed by atoms with Gasteiger partial charge in [0.25, 0.3) is 5.91 Å². The maximum Gasteiger partial charge on any atom is 0.471 e. The summed E-state index contributed by atoms with van der Waals surface area (Å²) >= 11 is 0. The molecule has 0 aliphatic heterocycles. The van der Waals surface area contributed by atoms with Crippen LogP contribution >= 0.6 is 0 Å². The van der Waals surface area contributed by atoms with Crippen molar-refractivity contribution in [2.45, 2.75) is 26.1 Å². The lowest BCUT2D eigenvalue weighted by Gasteiger charge is -2.01. The Balaban J connectivity index is 1.74. The van der Waals surface area contributed by atoms with Crippen LogP contribution in [0.4, 0.5) is 13.2 Å². The van der Waals surface area contributed by atoms with Crippen molar-refractivity contribution in [3.05, 3.63) is 47.3 Å². The van der Waals surface area contributed by atoms with Crippen LogP contribution in [-0.4, -0.2) is 16.0 Å². The van der Waals surface area contributed by atoms with Gasteiger partial charge in [-0.05, 0) is 24.1 Å². The number of aryl methyl sites for hydroxylation is 1. The summed E-state index contributed by atoms with van der Waals surface area (Å²) < 4.78 is 46.5. The second-order valence-electron chi connectivity index (χ2n) is 5.03. The van der Waals surface area contributed by atoms with Gasteiger partial charge in [0.2, 0.25) is 0 Å². The number of aromatic nitrogens is 2. The third kappa shape index (κ3) is 3.10. The van der Waals surface area contributed by atoms with Crippen LogP contribution < -0.4 is 5.32 Å². The molecule has 0 aliphatic carbocycles. The number of nitrogens with zero attached hydrogens (tertiary/aromatic N) is 2. The highest BCUT2D eigenvalue weighted by Gasteiger charge is 2.38. The second-order valence-corrected chi connectivity index (χ2v) is 5.03. The third-order valence-corrected chi connectivity index (χ3v) is 3.41. The summed E-state index contributed by atoms with van der Waals surface area (Å²) in [5.41, 5.74) is 1.88. The van der Waals surface area contributed by atoms with Crippen LogP contribution in [0.25, 0.3) is 11.0 Å². The number of amides is 1. The fraction of sp³-hybridized carbons (Fsp3) is 0.267. The highest BCUT2D eigenvalue weighted by Crippen LogP contribution is 2.27. The molecular formula is C15H12F3N3O3. The van der Waals surface area contributed by atoms with Gasteiger partial charge in [-0.3, -0.25) is 4.79 Å². The topological polar surface area (TPSA) is 81.2 Å². The summed E-state index contributed by atoms with van der Waals surface area (Å²) in [4.78, 5) is 15.4. The number of furan rings is 1. The van der Waals surface area contributed by atoms with E-state index in [4.69, 9.17) is 4.42 Å². The smallest absolute Gasteiger partial charge is 0.463 e. The first-order valence-electron chi connectivity index (χ1n) is 7.06. The van der Waals surface area contributed by atoms with Gasteiger partial charge in [0.05, 0.1) is 12.1 Å². The molecule has 0 atom stereocenters. The summed E-state index contributed by atoms with van der Waals surface area (Å²) in [6.07, 6.45) is -2.62. The van der Waals surface area contributed by atoms with E-state index in [0.717, 1.165) is 12.0 Å². The number of fused-ring (bicyclic) bond motifs is 1. The lowest BCUT2D eigenvalue weighted by atomic mass is 10.1. The van der Waals surface area contributed by atoms with Crippen molar-refractivity contribution < 1.29 is 26.9 Å². The van der Waals surface area contributed by atoms with Gasteiger partial charge in [-0.25, -0.2) is 0 Å². The van der Waals surface area contributed by atoms with Crippen LogP contribution in [-0.2, 0) is 19.1 Å². The van der Waals surface area contributed by atoms with Gasteiger partial charge in [0.15, 0.2) is 5.82 Å². The van der Waals surface area contributed by atoms with E-state index < -0.39 is 18.0 Å². The van der Waals surface area contributed by atoms with Gasteiger partial charge in [-0.1, -0.05) is 18.1 Å². The summed E-state index contributed by atoms with van der Waals surface area (Å²) in [6.45, 7) is 1.69. The Morgan fingerprint density at radius 1 is 1.33 bits per heavy atom. The third-order valence-electron chi connectivity index (χ3n) is 3.41. The molecule has 3 rings (SSSR count). The Morgan fingerprint density at radius 2 is 2.12 bits per heavy atom. The molecule has 0 saturated heterocycles. The maximum atomic E-state index is 12.4. The molecule has 0 fully saturated rings. The van der Waals surface area contributed by atoms with Crippen molar-refractivity contribution in [2.75, 3.05) is 0 Å². The van der Waals surface area contributed by atoms with E-state index in [2.05, 4.69) is 20.0 Å². The number of carbonyl (C=O) groups excluding carboxylic acids is 1. The Kier molecular flexibility index (Phi) is 4.00. The van der Waals surface area contributed by atoms with E-state index in [-0.39, 0.29) is 12.4 Å². The predicted molar refractivity (Wildman–Crippen MR) is 76.1 cm³/mol. The normalized spacial score (nSPS) is 11.8. The largest absolute Gasteiger partial charge is 0.471 e. The van der Waals surface area contributed by atoms with Crippen LogP contribution in [0, 0.1) is 0 Å². The van der Waals surface area contributed by atoms with Crippen LogP contribution in [0.3, 0.4) is 0 Å². The molecule has 0 bridgehead atoms. The molecule has 6 nitrogen and oxygen atoms in total. The first-order valence-corrected chi connectivity index (χ1v) is 7.06. The van der Waals surface area contributed by atoms with Gasteiger partial charge in [-0.2, -0.15) is 18.2 Å². The molecule has 1 N–H and O–H groups in total. The summed E-state index contributed by atoms with van der Waals surface area (Å²) in [6, 6.07) is 5.50. The number of rotatable bonds is 4. The minimum atomic E-state index is -4.72. The Hall–Kier alpha value is -2.84. The summed E-state index contributed by atoms with van der Waals surface area (Å²) in [7, 11) is 0. The zero-order valence-electron chi connectivity index (χ0n) is 12.5. The van der Waals surface area contributed by atoms with Crippen molar-refractivity contribution >= 4 is 16.9 Å². The van der Waals surface area contributed by atoms with Crippen molar-refractivity contribution in [3.63, 3.8) is 0 Å². The Labute approximate surface area is 133 Å². The number of halogens is 3. The molecule has 0 saturated carbocycles. The molecule has 126 valence electrons. The minimum absolute atomic E-state index is 0.266. The molecule has 0 radical (unpaired) electrons. The molecule has 0 spiro atoms. The van der Waals surface area contributed by atoms with Crippen molar-refractivity contribution in [3.8, 4) is 0 Å². The van der Waals surface area contributed by atoms with Gasteiger partial charge in [-0.15, -0.1) is 0 Å². The minimum Gasteiger partial charge on any atom is -0.463 e. The highest BCUT2D eigenvalue weighted by atomic mass is 19.4. The molecule has 2 aromatic heterocycles. The van der Waals surface area contributed by atoms with E-state index in [1.54, 1.807) is 6.07 Å². The SMILES string of the molecule is CCc1ccc2occ(C(=O)NCc3noc(C(F)(F)F)n3)c2c1. The van der Waals surface area contributed by atoms with Crippen LogP contribution in [0.1, 0.15) is 34.6 Å². The average molecular weight is 339 g/mol. The fourth-order valence-corrected chi connectivity index (χ4v) is 2.17. The molecule has 3 aromatic rings. The quantitative estimate of drug-likeness (QED) is 0.788. The van der Waals surface area contributed by atoms with Crippen molar-refractivity contribution in [1.29, 1.82) is 0 Å². The predicted octanol–water partition coefficient (Wildman–Crippen LogP) is 3.33. The number of alkyl halides is 3. The Bertz CT molecular complexity index is 883. The monoisotopic (exact) mass is 339 g/mol. The molecule has 0 aliphatic rings. The van der Waals surface area contributed by atoms with Crippen LogP contribution in [0.15, 0.2) is 33.4 Å². The lowest BCUT2D eigenvalue weighted by Crippen LogP contribution is -2.23. The molecule has 1 aromatic carbocycles. The zero-order chi connectivity index (χ0) is 17.3. The molecule has 1 amide bonds.